The third-order valence-corrected chi connectivity index (χ3v) is 5.03. The number of nitrogens with one attached hydrogen (secondary N) is 2. The van der Waals surface area contributed by atoms with E-state index in [1.807, 2.05) is 0 Å². The van der Waals surface area contributed by atoms with Crippen LogP contribution < -0.4 is 16.4 Å². The number of nitrogens with two attached hydrogens (primary N) is 1. The van der Waals surface area contributed by atoms with E-state index >= 15 is 0 Å². The molecule has 4 N–H and O–H groups in total. The van der Waals surface area contributed by atoms with Crippen molar-refractivity contribution in [1.29, 1.82) is 0 Å². The number of ether oxygens (including phenoxy) is 1. The van der Waals surface area contributed by atoms with Crippen LogP contribution >= 0.6 is 11.6 Å². The number of piperidine rings is 1. The van der Waals surface area contributed by atoms with Crippen LogP contribution in [0.3, 0.4) is 0 Å². The fourth-order valence-corrected chi connectivity index (χ4v) is 3.69. The quantitative estimate of drug-likeness (QED) is 0.757. The Hall–Kier alpha value is -1.83. The second-order valence-electron chi connectivity index (χ2n) is 6.47. The Balaban J connectivity index is 1.58. The summed E-state index contributed by atoms with van der Waals surface area (Å²) in [5.74, 6) is -0.603. The Morgan fingerprint density at radius 2 is 1.96 bits per heavy atom. The zero-order valence-corrected chi connectivity index (χ0v) is 14.7. The average molecular weight is 367 g/mol. The normalized spacial score (nSPS) is 24.0. The summed E-state index contributed by atoms with van der Waals surface area (Å²) in [5, 5.41) is 5.93. The van der Waals surface area contributed by atoms with Crippen LogP contribution in [0.15, 0.2) is 18.2 Å². The number of hydrogen-bond donors (Lipinski definition) is 3. The zero-order chi connectivity index (χ0) is 17.8. The molecule has 0 aromatic heterocycles. The van der Waals surface area contributed by atoms with Crippen LogP contribution in [0.2, 0.25) is 5.02 Å². The predicted octanol–water partition coefficient (Wildman–Crippen LogP) is 1.81. The number of benzene rings is 1. The summed E-state index contributed by atoms with van der Waals surface area (Å²) in [7, 11) is 0. The molecule has 0 radical (unpaired) electrons. The smallest absolute Gasteiger partial charge is 0.319 e. The molecule has 2 saturated heterocycles. The van der Waals surface area contributed by atoms with Gasteiger partial charge in [-0.15, -0.1) is 0 Å². The lowest BCUT2D eigenvalue weighted by Gasteiger charge is -2.34. The molecule has 2 aliphatic heterocycles. The van der Waals surface area contributed by atoms with E-state index in [-0.39, 0.29) is 28.7 Å². The van der Waals surface area contributed by atoms with E-state index in [9.17, 15) is 9.59 Å². The number of urea groups is 1. The minimum Gasteiger partial charge on any atom is -0.378 e. The number of hydrogen-bond acceptors (Lipinski definition) is 4. The highest BCUT2D eigenvalue weighted by Crippen LogP contribution is 2.21. The van der Waals surface area contributed by atoms with Gasteiger partial charge in [0.15, 0.2) is 0 Å². The van der Waals surface area contributed by atoms with E-state index in [0.29, 0.717) is 18.9 Å². The van der Waals surface area contributed by atoms with Crippen molar-refractivity contribution in [3.8, 4) is 0 Å². The maximum absolute atomic E-state index is 12.3. The minimum atomic E-state index is -0.603. The first-order valence-corrected chi connectivity index (χ1v) is 8.91. The maximum atomic E-state index is 12.3. The average Bonchev–Trinajstić information content (AvgIpc) is 3.03. The van der Waals surface area contributed by atoms with Crippen molar-refractivity contribution in [2.24, 2.45) is 5.73 Å². The number of carbonyl (C=O) groups excluding carboxylic acids is 2. The molecule has 0 aliphatic carbocycles. The second-order valence-corrected chi connectivity index (χ2v) is 6.87. The van der Waals surface area contributed by atoms with Gasteiger partial charge in [-0.1, -0.05) is 18.0 Å². The molecule has 25 heavy (non-hydrogen) atoms. The summed E-state index contributed by atoms with van der Waals surface area (Å²) in [5.41, 5.74) is 5.94. The molecule has 2 aliphatic rings. The molecule has 7 nitrogen and oxygen atoms in total. The molecule has 3 amide bonds. The van der Waals surface area contributed by atoms with Crippen molar-refractivity contribution >= 4 is 29.2 Å². The monoisotopic (exact) mass is 366 g/mol. The van der Waals surface area contributed by atoms with Gasteiger partial charge < -0.3 is 21.1 Å². The van der Waals surface area contributed by atoms with Gasteiger partial charge in [0.2, 0.25) is 5.91 Å². The van der Waals surface area contributed by atoms with Crippen LogP contribution in [0, 0.1) is 0 Å². The Kier molecular flexibility index (Phi) is 5.78. The number of primary amides is 1. The Morgan fingerprint density at radius 1 is 1.20 bits per heavy atom. The molecule has 3 rings (SSSR count). The van der Waals surface area contributed by atoms with Gasteiger partial charge >= 0.3 is 6.03 Å². The predicted molar refractivity (Wildman–Crippen MR) is 95.9 cm³/mol. The molecule has 1 aromatic carbocycles. The van der Waals surface area contributed by atoms with Gasteiger partial charge in [0.25, 0.3) is 0 Å². The number of amides is 3. The number of nitrogens with zero attached hydrogens (tertiary/aromatic N) is 1. The highest BCUT2D eigenvalue weighted by Gasteiger charge is 2.34. The Labute approximate surface area is 151 Å². The topological polar surface area (TPSA) is 96.7 Å². The van der Waals surface area contributed by atoms with E-state index < -0.39 is 5.91 Å². The lowest BCUT2D eigenvalue weighted by atomic mass is 10.1. The first-order chi connectivity index (χ1) is 12.0. The van der Waals surface area contributed by atoms with Crippen molar-refractivity contribution in [1.82, 2.24) is 10.2 Å². The van der Waals surface area contributed by atoms with Gasteiger partial charge in [-0.2, -0.15) is 0 Å². The fourth-order valence-electron chi connectivity index (χ4n) is 3.42. The molecule has 2 atom stereocenters. The van der Waals surface area contributed by atoms with Gasteiger partial charge in [-0.25, -0.2) is 4.79 Å². The van der Waals surface area contributed by atoms with Crippen LogP contribution in [0.5, 0.6) is 0 Å². The van der Waals surface area contributed by atoms with Gasteiger partial charge in [-0.3, -0.25) is 9.69 Å². The molecule has 0 spiro atoms. The van der Waals surface area contributed by atoms with Gasteiger partial charge in [0, 0.05) is 5.69 Å². The lowest BCUT2D eigenvalue weighted by Crippen LogP contribution is -2.53. The summed E-state index contributed by atoms with van der Waals surface area (Å²) < 4.78 is 5.58. The van der Waals surface area contributed by atoms with Crippen molar-refractivity contribution in [3.05, 3.63) is 28.8 Å². The molecule has 2 fully saturated rings. The third-order valence-electron chi connectivity index (χ3n) is 4.72. The van der Waals surface area contributed by atoms with Crippen LogP contribution in [0.4, 0.5) is 10.5 Å². The largest absolute Gasteiger partial charge is 0.378 e. The molecular formula is C17H23ClN4O3. The van der Waals surface area contributed by atoms with Crippen LogP contribution in [-0.2, 0) is 4.74 Å². The third kappa shape index (κ3) is 4.42. The van der Waals surface area contributed by atoms with Crippen LogP contribution in [0.1, 0.15) is 29.6 Å². The first kappa shape index (κ1) is 18.0. The number of halogens is 1. The second kappa shape index (κ2) is 8.03. The summed E-state index contributed by atoms with van der Waals surface area (Å²) in [6.45, 7) is 3.26. The summed E-state index contributed by atoms with van der Waals surface area (Å²) in [6.07, 6.45) is 3.66. The Bertz CT molecular complexity index is 649. The highest BCUT2D eigenvalue weighted by molar-refractivity contribution is 6.34. The van der Waals surface area contributed by atoms with Gasteiger partial charge in [0.1, 0.15) is 0 Å². The van der Waals surface area contributed by atoms with Gasteiger partial charge in [-0.05, 0) is 44.1 Å². The van der Waals surface area contributed by atoms with E-state index in [2.05, 4.69) is 15.5 Å². The molecule has 0 saturated carbocycles. The fraction of sp³-hybridized carbons (Fsp3) is 0.529. The number of anilines is 1. The summed E-state index contributed by atoms with van der Waals surface area (Å²) >= 11 is 6.00. The van der Waals surface area contributed by atoms with Crippen molar-refractivity contribution in [2.45, 2.75) is 31.3 Å². The molecule has 0 bridgehead atoms. The van der Waals surface area contributed by atoms with Crippen molar-refractivity contribution in [3.63, 3.8) is 0 Å². The van der Waals surface area contributed by atoms with E-state index in [1.165, 1.54) is 31.4 Å². The zero-order valence-electron chi connectivity index (χ0n) is 14.0. The van der Waals surface area contributed by atoms with Crippen molar-refractivity contribution in [2.75, 3.05) is 31.6 Å². The molecule has 1 aromatic rings. The summed E-state index contributed by atoms with van der Waals surface area (Å²) in [6, 6.07) is 4.45. The van der Waals surface area contributed by atoms with E-state index in [0.717, 1.165) is 13.1 Å². The van der Waals surface area contributed by atoms with Crippen LogP contribution in [-0.4, -0.2) is 55.2 Å². The molecule has 136 valence electrons. The number of rotatable bonds is 4. The van der Waals surface area contributed by atoms with Crippen molar-refractivity contribution < 1.29 is 14.3 Å². The van der Waals surface area contributed by atoms with E-state index in [1.54, 1.807) is 6.07 Å². The van der Waals surface area contributed by atoms with Gasteiger partial charge in [0.05, 0.1) is 35.9 Å². The molecule has 8 heteroatoms. The molecular weight excluding hydrogens is 344 g/mol. The van der Waals surface area contributed by atoms with E-state index in [4.69, 9.17) is 22.1 Å². The van der Waals surface area contributed by atoms with Crippen LogP contribution in [0.25, 0.3) is 0 Å². The molecule has 2 heterocycles. The SMILES string of the molecule is NC(=O)c1ccc(NC(=O)N[C@H]2COC[C@@H]2N2CCCCC2)cc1Cl. The first-order valence-electron chi connectivity index (χ1n) is 8.53. The highest BCUT2D eigenvalue weighted by atomic mass is 35.5. The number of likely N-dealkylation sites (tertiary alicyclic amines) is 1. The Morgan fingerprint density at radius 3 is 2.64 bits per heavy atom. The standard InChI is InChI=1S/C17H23ClN4O3/c18-13-8-11(4-5-12(13)16(19)23)20-17(24)21-14-9-25-10-15(14)22-6-2-1-3-7-22/h4-5,8,14-15H,1-3,6-7,9-10H2,(H2,19,23)(H2,20,21,24)/t14-,15-/m0/s1. The maximum Gasteiger partial charge on any atom is 0.319 e. The summed E-state index contributed by atoms with van der Waals surface area (Å²) in [4.78, 5) is 25.9. The lowest BCUT2D eigenvalue weighted by molar-refractivity contribution is 0.100. The minimum absolute atomic E-state index is 0.0431. The number of carbonyl (C=O) groups is 2. The molecule has 0 unspecified atom stereocenters.